The molecule has 1 fully saturated rings. The summed E-state index contributed by atoms with van der Waals surface area (Å²) >= 11 is 0. The van der Waals surface area contributed by atoms with Gasteiger partial charge in [0, 0.05) is 18.8 Å². The Morgan fingerprint density at radius 3 is 2.11 bits per heavy atom. The first-order valence-electron chi connectivity index (χ1n) is 9.55. The number of nitrogens with zero attached hydrogens (tertiary/aromatic N) is 1. The van der Waals surface area contributed by atoms with Gasteiger partial charge in [-0.1, -0.05) is 13.8 Å². The van der Waals surface area contributed by atoms with Crippen molar-refractivity contribution in [1.29, 1.82) is 0 Å². The van der Waals surface area contributed by atoms with Gasteiger partial charge in [0.15, 0.2) is 0 Å². The van der Waals surface area contributed by atoms with E-state index in [1.165, 1.54) is 12.8 Å². The summed E-state index contributed by atoms with van der Waals surface area (Å²) in [5, 5.41) is 0. The zero-order valence-corrected chi connectivity index (χ0v) is 17.7. The lowest BCUT2D eigenvalue weighted by atomic mass is 10.0. The first-order valence-corrected chi connectivity index (χ1v) is 11.0. The second-order valence-electron chi connectivity index (χ2n) is 7.66. The minimum Gasteiger partial charge on any atom is -0.496 e. The first kappa shape index (κ1) is 19.7. The van der Waals surface area contributed by atoms with E-state index in [4.69, 9.17) is 4.74 Å². The number of methoxy groups -OCH3 is 1. The molecule has 0 bridgehead atoms. The van der Waals surface area contributed by atoms with Crippen LogP contribution in [0.1, 0.15) is 49.3 Å². The Morgan fingerprint density at radius 2 is 1.59 bits per heavy atom. The summed E-state index contributed by atoms with van der Waals surface area (Å²) in [7, 11) is -1.98. The molecule has 146 valence electrons. The topological polar surface area (TPSA) is 46.6 Å². The van der Waals surface area contributed by atoms with E-state index in [2.05, 4.69) is 4.90 Å². The fourth-order valence-corrected chi connectivity index (χ4v) is 5.69. The summed E-state index contributed by atoms with van der Waals surface area (Å²) in [5.74, 6) is 0.900. The van der Waals surface area contributed by atoms with Crippen LogP contribution in [0.5, 0.6) is 5.75 Å². The van der Waals surface area contributed by atoms with Crippen molar-refractivity contribution in [3.63, 3.8) is 0 Å². The molecular weight excluding hydrogens is 358 g/mol. The molecule has 0 unspecified atom stereocenters. The van der Waals surface area contributed by atoms with Crippen molar-refractivity contribution in [3.8, 4) is 5.75 Å². The van der Waals surface area contributed by atoms with Gasteiger partial charge in [-0.3, -0.25) is 0 Å². The van der Waals surface area contributed by atoms with Gasteiger partial charge in [-0.25, -0.2) is 8.42 Å². The largest absolute Gasteiger partial charge is 0.496 e. The number of ether oxygens (including phenoxy) is 1. The highest BCUT2D eigenvalue weighted by Crippen LogP contribution is 2.35. The quantitative estimate of drug-likeness (QED) is 0.734. The molecule has 0 atom stereocenters. The highest BCUT2D eigenvalue weighted by Gasteiger charge is 2.25. The van der Waals surface area contributed by atoms with Gasteiger partial charge in [0.2, 0.25) is 9.84 Å². The Kier molecular flexibility index (Phi) is 5.52. The van der Waals surface area contributed by atoms with E-state index in [1.807, 2.05) is 39.8 Å². The zero-order valence-electron chi connectivity index (χ0n) is 16.9. The van der Waals surface area contributed by atoms with Crippen molar-refractivity contribution in [3.05, 3.63) is 47.0 Å². The maximum Gasteiger partial charge on any atom is 0.207 e. The van der Waals surface area contributed by atoms with Gasteiger partial charge in [-0.05, 0) is 79.6 Å². The third-order valence-electron chi connectivity index (χ3n) is 5.32. The van der Waals surface area contributed by atoms with E-state index in [1.54, 1.807) is 25.3 Å². The predicted molar refractivity (Wildman–Crippen MR) is 110 cm³/mol. The maximum atomic E-state index is 13.4. The number of anilines is 1. The number of benzene rings is 2. The van der Waals surface area contributed by atoms with Crippen LogP contribution in [0, 0.1) is 13.8 Å². The molecule has 5 heteroatoms. The van der Waals surface area contributed by atoms with Crippen LogP contribution in [0.3, 0.4) is 0 Å². The standard InChI is InChI=1S/C22H29NO3S/c1-15(2)20-14-19(8-9-21(20)26-5)27(24,25)22-16(3)12-18(13-17(22)4)23-10-6-7-11-23/h8-9,12-15H,6-7,10-11H2,1-5H3. The van der Waals surface area contributed by atoms with Gasteiger partial charge < -0.3 is 9.64 Å². The van der Waals surface area contributed by atoms with Crippen LogP contribution in [0.15, 0.2) is 40.1 Å². The molecule has 0 radical (unpaired) electrons. The maximum absolute atomic E-state index is 13.4. The summed E-state index contributed by atoms with van der Waals surface area (Å²) in [6, 6.07) is 9.18. The highest BCUT2D eigenvalue weighted by atomic mass is 32.2. The lowest BCUT2D eigenvalue weighted by Crippen LogP contribution is -2.18. The van der Waals surface area contributed by atoms with Crippen LogP contribution in [0.4, 0.5) is 5.69 Å². The van der Waals surface area contributed by atoms with Crippen molar-refractivity contribution in [2.75, 3.05) is 25.1 Å². The lowest BCUT2D eigenvalue weighted by Gasteiger charge is -2.21. The minimum atomic E-state index is -3.60. The summed E-state index contributed by atoms with van der Waals surface area (Å²) in [6.07, 6.45) is 2.39. The van der Waals surface area contributed by atoms with E-state index in [-0.39, 0.29) is 5.92 Å². The molecular formula is C22H29NO3S. The van der Waals surface area contributed by atoms with Gasteiger partial charge in [-0.15, -0.1) is 0 Å². The van der Waals surface area contributed by atoms with Crippen LogP contribution in [0.2, 0.25) is 0 Å². The number of sulfone groups is 1. The van der Waals surface area contributed by atoms with Crippen molar-refractivity contribution >= 4 is 15.5 Å². The molecule has 3 rings (SSSR count). The van der Waals surface area contributed by atoms with E-state index in [0.717, 1.165) is 41.2 Å². The molecule has 4 nitrogen and oxygen atoms in total. The minimum absolute atomic E-state index is 0.176. The molecule has 2 aromatic carbocycles. The molecule has 27 heavy (non-hydrogen) atoms. The second-order valence-corrected chi connectivity index (χ2v) is 9.55. The second kappa shape index (κ2) is 7.55. The highest BCUT2D eigenvalue weighted by molar-refractivity contribution is 7.91. The fourth-order valence-electron chi connectivity index (χ4n) is 3.96. The number of rotatable bonds is 5. The third kappa shape index (κ3) is 3.70. The van der Waals surface area contributed by atoms with E-state index >= 15 is 0 Å². The van der Waals surface area contributed by atoms with Crippen LogP contribution in [-0.2, 0) is 9.84 Å². The van der Waals surface area contributed by atoms with Crippen molar-refractivity contribution in [2.45, 2.75) is 56.2 Å². The Bertz CT molecular complexity index is 919. The smallest absolute Gasteiger partial charge is 0.207 e. The van der Waals surface area contributed by atoms with Gasteiger partial charge >= 0.3 is 0 Å². The van der Waals surface area contributed by atoms with Gasteiger partial charge in [0.1, 0.15) is 5.75 Å². The molecule has 1 heterocycles. The summed E-state index contributed by atoms with van der Waals surface area (Å²) in [6.45, 7) is 9.95. The SMILES string of the molecule is COc1ccc(S(=O)(=O)c2c(C)cc(N3CCCC3)cc2C)cc1C(C)C. The Morgan fingerprint density at radius 1 is 1.00 bits per heavy atom. The predicted octanol–water partition coefficient (Wildman–Crippen LogP) is 4.87. The normalized spacial score (nSPS) is 14.8. The molecule has 1 aliphatic rings. The number of hydrogen-bond acceptors (Lipinski definition) is 4. The third-order valence-corrected chi connectivity index (χ3v) is 7.37. The van der Waals surface area contributed by atoms with E-state index < -0.39 is 9.84 Å². The van der Waals surface area contributed by atoms with Crippen molar-refractivity contribution in [1.82, 2.24) is 0 Å². The van der Waals surface area contributed by atoms with E-state index in [0.29, 0.717) is 9.79 Å². The lowest BCUT2D eigenvalue weighted by molar-refractivity contribution is 0.407. The van der Waals surface area contributed by atoms with Gasteiger partial charge in [0.25, 0.3) is 0 Å². The number of hydrogen-bond donors (Lipinski definition) is 0. The van der Waals surface area contributed by atoms with Crippen molar-refractivity contribution in [2.24, 2.45) is 0 Å². The fraction of sp³-hybridized carbons (Fsp3) is 0.455. The summed E-state index contributed by atoms with van der Waals surface area (Å²) in [4.78, 5) is 3.08. The molecule has 0 saturated carbocycles. The molecule has 0 spiro atoms. The van der Waals surface area contributed by atoms with Crippen LogP contribution >= 0.6 is 0 Å². The monoisotopic (exact) mass is 387 g/mol. The van der Waals surface area contributed by atoms with Crippen LogP contribution in [-0.4, -0.2) is 28.6 Å². The molecule has 0 aliphatic carbocycles. The molecule has 1 aliphatic heterocycles. The summed E-state index contributed by atoms with van der Waals surface area (Å²) < 4.78 is 32.3. The Labute approximate surface area is 163 Å². The molecule has 0 amide bonds. The van der Waals surface area contributed by atoms with Gasteiger partial charge in [0.05, 0.1) is 16.9 Å². The average molecular weight is 388 g/mol. The first-order chi connectivity index (χ1) is 12.8. The Balaban J connectivity index is 2.08. The average Bonchev–Trinajstić information content (AvgIpc) is 3.14. The van der Waals surface area contributed by atoms with Crippen LogP contribution < -0.4 is 9.64 Å². The van der Waals surface area contributed by atoms with Gasteiger partial charge in [-0.2, -0.15) is 0 Å². The number of aryl methyl sites for hydroxylation is 2. The molecule has 0 aromatic heterocycles. The molecule has 0 N–H and O–H groups in total. The zero-order chi connectivity index (χ0) is 19.8. The summed E-state index contributed by atoms with van der Waals surface area (Å²) in [5.41, 5.74) is 3.64. The molecule has 2 aromatic rings. The molecule has 1 saturated heterocycles. The Hall–Kier alpha value is -2.01. The van der Waals surface area contributed by atoms with Crippen molar-refractivity contribution < 1.29 is 13.2 Å². The van der Waals surface area contributed by atoms with Crippen LogP contribution in [0.25, 0.3) is 0 Å². The van der Waals surface area contributed by atoms with E-state index in [9.17, 15) is 8.42 Å².